The molecular formula is C18H26N6O4. The number of nitrogens with one attached hydrogen (secondary N) is 3. The van der Waals surface area contributed by atoms with Crippen molar-refractivity contribution in [1.82, 2.24) is 30.1 Å². The first-order chi connectivity index (χ1) is 13.6. The van der Waals surface area contributed by atoms with Crippen LogP contribution in [0, 0.1) is 0 Å². The summed E-state index contributed by atoms with van der Waals surface area (Å²) in [5.41, 5.74) is 1.38. The number of aromatic nitrogens is 3. The van der Waals surface area contributed by atoms with Gasteiger partial charge in [-0.05, 0) is 33.0 Å². The normalized spacial score (nSPS) is 15.1. The van der Waals surface area contributed by atoms with E-state index in [4.69, 9.17) is 0 Å². The molecule has 1 amide bonds. The number of likely N-dealkylation sites (N-methyl/N-ethyl adjacent to an activating group) is 1. The number of fused-ring (bicyclic) bond motifs is 1. The number of hydrogen-bond acceptors (Lipinski definition) is 7. The largest absolute Gasteiger partial charge is 0.467 e. The molecule has 0 saturated carbocycles. The third-order valence-electron chi connectivity index (χ3n) is 4.97. The molecule has 0 aliphatic carbocycles. The highest BCUT2D eigenvalue weighted by atomic mass is 16.5. The van der Waals surface area contributed by atoms with E-state index in [1.165, 1.54) is 6.20 Å². The fourth-order valence-electron chi connectivity index (χ4n) is 3.41. The van der Waals surface area contributed by atoms with Gasteiger partial charge in [0.2, 0.25) is 0 Å². The minimum Gasteiger partial charge on any atom is -0.467 e. The van der Waals surface area contributed by atoms with E-state index in [2.05, 4.69) is 25.5 Å². The van der Waals surface area contributed by atoms with Crippen molar-refractivity contribution in [3.05, 3.63) is 33.9 Å². The Balaban J connectivity index is 1.68. The molecule has 0 radical (unpaired) electrons. The third kappa shape index (κ3) is 4.76. The summed E-state index contributed by atoms with van der Waals surface area (Å²) in [6, 6.07) is 1.58. The molecule has 2 aromatic heterocycles. The number of piperidine rings is 1. The van der Waals surface area contributed by atoms with Crippen LogP contribution in [-0.4, -0.2) is 78.3 Å². The van der Waals surface area contributed by atoms with E-state index in [1.54, 1.807) is 10.6 Å². The predicted octanol–water partition coefficient (Wildman–Crippen LogP) is -0.676. The van der Waals surface area contributed by atoms with Gasteiger partial charge in [0, 0.05) is 31.6 Å². The van der Waals surface area contributed by atoms with E-state index in [0.717, 1.165) is 31.6 Å². The molecule has 2 aromatic rings. The highest BCUT2D eigenvalue weighted by Crippen LogP contribution is 2.24. The Kier molecular flexibility index (Phi) is 6.77. The molecule has 1 aliphatic rings. The molecule has 10 nitrogen and oxygen atoms in total. The molecule has 1 aliphatic heterocycles. The van der Waals surface area contributed by atoms with Crippen molar-refractivity contribution in [2.75, 3.05) is 46.4 Å². The zero-order valence-corrected chi connectivity index (χ0v) is 15.9. The Morgan fingerprint density at radius 1 is 1.43 bits per heavy atom. The number of rotatable bonds is 9. The minimum absolute atomic E-state index is 0.231. The van der Waals surface area contributed by atoms with Crippen molar-refractivity contribution >= 4 is 18.0 Å². The molecule has 0 atom stereocenters. The van der Waals surface area contributed by atoms with Crippen molar-refractivity contribution in [2.45, 2.75) is 18.8 Å². The molecule has 28 heavy (non-hydrogen) atoms. The molecule has 0 aromatic carbocycles. The summed E-state index contributed by atoms with van der Waals surface area (Å²) >= 11 is 0. The molecule has 0 bridgehead atoms. The maximum Gasteiger partial charge on any atom is 0.293 e. The van der Waals surface area contributed by atoms with Gasteiger partial charge in [-0.1, -0.05) is 0 Å². The maximum absolute atomic E-state index is 12.6. The van der Waals surface area contributed by atoms with Crippen LogP contribution in [-0.2, 0) is 9.53 Å². The first-order valence-electron chi connectivity index (χ1n) is 9.44. The van der Waals surface area contributed by atoms with Crippen molar-refractivity contribution in [1.29, 1.82) is 0 Å². The second-order valence-electron chi connectivity index (χ2n) is 6.93. The summed E-state index contributed by atoms with van der Waals surface area (Å²) in [6.45, 7) is 4.13. The smallest absolute Gasteiger partial charge is 0.293 e. The topological polar surface area (TPSA) is 121 Å². The van der Waals surface area contributed by atoms with Crippen LogP contribution in [0.3, 0.4) is 0 Å². The zero-order chi connectivity index (χ0) is 19.9. The van der Waals surface area contributed by atoms with Crippen molar-refractivity contribution < 1.29 is 14.3 Å². The van der Waals surface area contributed by atoms with E-state index >= 15 is 0 Å². The van der Waals surface area contributed by atoms with Gasteiger partial charge in [0.15, 0.2) is 0 Å². The molecule has 0 spiro atoms. The molecule has 3 heterocycles. The van der Waals surface area contributed by atoms with E-state index < -0.39 is 0 Å². The lowest BCUT2D eigenvalue weighted by molar-refractivity contribution is -0.129. The van der Waals surface area contributed by atoms with E-state index in [9.17, 15) is 14.4 Å². The number of carbonyl (C=O) groups excluding carboxylic acids is 2. The van der Waals surface area contributed by atoms with Crippen LogP contribution < -0.4 is 16.2 Å². The Bertz CT molecular complexity index is 871. The SMILES string of the molecule is CN(CCNC(=O)c1cnn2c(C3CCNCC3)cc(=O)[nH]c12)CCOC=O. The van der Waals surface area contributed by atoms with Crippen LogP contribution in [0.15, 0.2) is 17.1 Å². The summed E-state index contributed by atoms with van der Waals surface area (Å²) in [5, 5.41) is 10.5. The van der Waals surface area contributed by atoms with E-state index in [0.29, 0.717) is 43.9 Å². The summed E-state index contributed by atoms with van der Waals surface area (Å²) in [5.74, 6) is -0.0465. The highest BCUT2D eigenvalue weighted by Gasteiger charge is 2.22. The third-order valence-corrected chi connectivity index (χ3v) is 4.97. The molecule has 152 valence electrons. The molecule has 0 unspecified atom stereocenters. The Morgan fingerprint density at radius 3 is 2.96 bits per heavy atom. The van der Waals surface area contributed by atoms with Crippen molar-refractivity contribution in [3.8, 4) is 0 Å². The lowest BCUT2D eigenvalue weighted by Gasteiger charge is -2.23. The van der Waals surface area contributed by atoms with Gasteiger partial charge in [0.1, 0.15) is 17.8 Å². The molecule has 1 saturated heterocycles. The molecule has 10 heteroatoms. The van der Waals surface area contributed by atoms with Gasteiger partial charge in [0.05, 0.1) is 11.9 Å². The second-order valence-corrected chi connectivity index (χ2v) is 6.93. The molecule has 3 N–H and O–H groups in total. The average Bonchev–Trinajstić information content (AvgIpc) is 3.12. The second kappa shape index (κ2) is 9.47. The molecule has 3 rings (SSSR count). The fourth-order valence-corrected chi connectivity index (χ4v) is 3.41. The number of nitrogens with zero attached hydrogens (tertiary/aromatic N) is 3. The number of hydrogen-bond donors (Lipinski definition) is 3. The maximum atomic E-state index is 12.6. The van der Waals surface area contributed by atoms with Crippen LogP contribution in [0.5, 0.6) is 0 Å². The van der Waals surface area contributed by atoms with Gasteiger partial charge in [-0.2, -0.15) is 5.10 Å². The minimum atomic E-state index is -0.286. The number of amides is 1. The number of ether oxygens (including phenoxy) is 1. The van der Waals surface area contributed by atoms with Crippen LogP contribution in [0.4, 0.5) is 0 Å². The van der Waals surface area contributed by atoms with Crippen LogP contribution in [0.2, 0.25) is 0 Å². The average molecular weight is 390 g/mol. The van der Waals surface area contributed by atoms with Gasteiger partial charge in [-0.3, -0.25) is 14.4 Å². The Morgan fingerprint density at radius 2 is 2.21 bits per heavy atom. The predicted molar refractivity (Wildman–Crippen MR) is 103 cm³/mol. The van der Waals surface area contributed by atoms with Gasteiger partial charge >= 0.3 is 0 Å². The summed E-state index contributed by atoms with van der Waals surface area (Å²) < 4.78 is 6.33. The Labute approximate surface area is 162 Å². The fraction of sp³-hybridized carbons (Fsp3) is 0.556. The van der Waals surface area contributed by atoms with E-state index in [-0.39, 0.29) is 17.4 Å². The van der Waals surface area contributed by atoms with Crippen molar-refractivity contribution in [2.24, 2.45) is 0 Å². The van der Waals surface area contributed by atoms with Gasteiger partial charge in [-0.15, -0.1) is 0 Å². The molecule has 1 fully saturated rings. The number of carbonyl (C=O) groups is 2. The molecular weight excluding hydrogens is 364 g/mol. The summed E-state index contributed by atoms with van der Waals surface area (Å²) in [6.07, 6.45) is 3.35. The quantitative estimate of drug-likeness (QED) is 0.383. The summed E-state index contributed by atoms with van der Waals surface area (Å²) in [4.78, 5) is 39.6. The zero-order valence-electron chi connectivity index (χ0n) is 15.9. The van der Waals surface area contributed by atoms with E-state index in [1.807, 2.05) is 11.9 Å². The summed E-state index contributed by atoms with van der Waals surface area (Å²) in [7, 11) is 1.87. The van der Waals surface area contributed by atoms with Gasteiger partial charge in [0.25, 0.3) is 17.9 Å². The lowest BCUT2D eigenvalue weighted by Crippen LogP contribution is -2.34. The Hall–Kier alpha value is -2.72. The van der Waals surface area contributed by atoms with Crippen LogP contribution >= 0.6 is 0 Å². The number of H-pyrrole nitrogens is 1. The lowest BCUT2D eigenvalue weighted by atomic mass is 9.94. The van der Waals surface area contributed by atoms with Crippen molar-refractivity contribution in [3.63, 3.8) is 0 Å². The monoisotopic (exact) mass is 390 g/mol. The standard InChI is InChI=1S/C18H26N6O4/c1-23(8-9-28-12-25)7-6-20-18(27)14-11-21-24-15(10-16(26)22-17(14)24)13-2-4-19-5-3-13/h10-13,19H,2-9H2,1H3,(H,20,27)(H,22,26). The van der Waals surface area contributed by atoms with Crippen LogP contribution in [0.25, 0.3) is 5.65 Å². The first-order valence-corrected chi connectivity index (χ1v) is 9.44. The van der Waals surface area contributed by atoms with Gasteiger partial charge < -0.3 is 25.3 Å². The highest BCUT2D eigenvalue weighted by molar-refractivity contribution is 5.99. The number of aromatic amines is 1. The van der Waals surface area contributed by atoms with Crippen LogP contribution in [0.1, 0.15) is 34.8 Å². The van der Waals surface area contributed by atoms with Gasteiger partial charge in [-0.25, -0.2) is 4.52 Å². The first kappa shape index (κ1) is 20.0.